The highest BCUT2D eigenvalue weighted by Gasteiger charge is 2.44. The number of nitrogens with two attached hydrogens (primary N) is 2. The standard InChI is InChI=1S/C16H20IN5O2/c1-24-13(23)10-6-5-7-11(17)12(10)22-15(19)20-14(18)21-16(22)8-3-2-4-9-16/h5-7H,2-4,8-9H2,1H3,(H4,18,19,20,21). The number of carbonyl (C=O) groups excluding carboxylic acids is 1. The molecule has 2 aliphatic rings. The molecule has 0 atom stereocenters. The fraction of sp³-hybridized carbons (Fsp3) is 0.438. The summed E-state index contributed by atoms with van der Waals surface area (Å²) in [4.78, 5) is 22.9. The molecule has 1 saturated carbocycles. The van der Waals surface area contributed by atoms with Crippen LogP contribution in [0, 0.1) is 3.57 Å². The van der Waals surface area contributed by atoms with E-state index in [2.05, 4.69) is 32.6 Å². The molecule has 1 aromatic carbocycles. The van der Waals surface area contributed by atoms with Crippen molar-refractivity contribution < 1.29 is 9.53 Å². The summed E-state index contributed by atoms with van der Waals surface area (Å²) in [5.74, 6) is 0.0414. The first-order valence-electron chi connectivity index (χ1n) is 7.85. The van der Waals surface area contributed by atoms with E-state index in [0.29, 0.717) is 11.3 Å². The van der Waals surface area contributed by atoms with Crippen molar-refractivity contribution in [1.82, 2.24) is 0 Å². The quantitative estimate of drug-likeness (QED) is 0.541. The number of hydrogen-bond donors (Lipinski definition) is 2. The van der Waals surface area contributed by atoms with E-state index in [1.165, 1.54) is 7.11 Å². The van der Waals surface area contributed by atoms with Gasteiger partial charge in [0.2, 0.25) is 11.9 Å². The van der Waals surface area contributed by atoms with Crippen molar-refractivity contribution in [2.75, 3.05) is 12.0 Å². The minimum Gasteiger partial charge on any atom is -0.465 e. The molecule has 1 aromatic rings. The Morgan fingerprint density at radius 2 is 2.00 bits per heavy atom. The highest BCUT2D eigenvalue weighted by molar-refractivity contribution is 14.1. The Morgan fingerprint density at radius 3 is 2.67 bits per heavy atom. The number of hydrogen-bond acceptors (Lipinski definition) is 7. The number of halogens is 1. The van der Waals surface area contributed by atoms with Gasteiger partial charge in [-0.15, -0.1) is 0 Å². The molecule has 0 unspecified atom stereocenters. The maximum atomic E-state index is 12.3. The van der Waals surface area contributed by atoms with Gasteiger partial charge >= 0.3 is 5.97 Å². The number of para-hydroxylation sites is 1. The Kier molecular flexibility index (Phi) is 4.66. The summed E-state index contributed by atoms with van der Waals surface area (Å²) in [7, 11) is 1.37. The Bertz CT molecular complexity index is 725. The molecule has 0 amide bonds. The predicted octanol–water partition coefficient (Wildman–Crippen LogP) is 2.19. The van der Waals surface area contributed by atoms with Crippen LogP contribution >= 0.6 is 22.6 Å². The van der Waals surface area contributed by atoms with Crippen LogP contribution in [0.1, 0.15) is 42.5 Å². The second-order valence-corrected chi connectivity index (χ2v) is 7.11. The zero-order valence-electron chi connectivity index (χ0n) is 13.5. The Hall–Kier alpha value is -1.84. The van der Waals surface area contributed by atoms with Crippen molar-refractivity contribution in [3.05, 3.63) is 27.3 Å². The lowest BCUT2D eigenvalue weighted by Gasteiger charge is -2.46. The van der Waals surface area contributed by atoms with Gasteiger partial charge in [0, 0.05) is 3.57 Å². The second kappa shape index (κ2) is 6.58. The van der Waals surface area contributed by atoms with E-state index >= 15 is 0 Å². The van der Waals surface area contributed by atoms with Gasteiger partial charge in [-0.2, -0.15) is 4.99 Å². The van der Waals surface area contributed by atoms with Crippen LogP contribution < -0.4 is 16.4 Å². The van der Waals surface area contributed by atoms with E-state index in [4.69, 9.17) is 16.2 Å². The van der Waals surface area contributed by atoms with Crippen molar-refractivity contribution >= 4 is 46.2 Å². The molecule has 1 spiro atoms. The summed E-state index contributed by atoms with van der Waals surface area (Å²) in [5, 5.41) is 0. The smallest absolute Gasteiger partial charge is 0.340 e. The van der Waals surface area contributed by atoms with Crippen molar-refractivity contribution in [2.24, 2.45) is 21.5 Å². The summed E-state index contributed by atoms with van der Waals surface area (Å²) in [6.07, 6.45) is 4.83. The van der Waals surface area contributed by atoms with Crippen LogP contribution in [0.15, 0.2) is 28.2 Å². The second-order valence-electron chi connectivity index (χ2n) is 5.95. The monoisotopic (exact) mass is 441 g/mol. The highest BCUT2D eigenvalue weighted by Crippen LogP contribution is 2.42. The fourth-order valence-corrected chi connectivity index (χ4v) is 4.20. The molecule has 1 aliphatic carbocycles. The number of guanidine groups is 2. The number of benzene rings is 1. The minimum absolute atomic E-state index is 0.191. The van der Waals surface area contributed by atoms with E-state index < -0.39 is 11.6 Å². The summed E-state index contributed by atoms with van der Waals surface area (Å²) in [6.45, 7) is 0. The predicted molar refractivity (Wildman–Crippen MR) is 102 cm³/mol. The molecule has 3 rings (SSSR count). The lowest BCUT2D eigenvalue weighted by molar-refractivity contribution is 0.0601. The van der Waals surface area contributed by atoms with Crippen LogP contribution in [-0.2, 0) is 4.74 Å². The molecule has 0 bridgehead atoms. The molecule has 1 fully saturated rings. The van der Waals surface area contributed by atoms with Crippen LogP contribution in [0.5, 0.6) is 0 Å². The van der Waals surface area contributed by atoms with Gasteiger partial charge < -0.3 is 16.2 Å². The third kappa shape index (κ3) is 2.83. The number of methoxy groups -OCH3 is 1. The summed E-state index contributed by atoms with van der Waals surface area (Å²) < 4.78 is 5.83. The lowest BCUT2D eigenvalue weighted by atomic mass is 9.87. The number of ether oxygens (including phenoxy) is 1. The highest BCUT2D eigenvalue weighted by atomic mass is 127. The van der Waals surface area contributed by atoms with E-state index in [9.17, 15) is 4.79 Å². The molecule has 4 N–H and O–H groups in total. The van der Waals surface area contributed by atoms with Crippen LogP contribution in [0.2, 0.25) is 0 Å². The maximum Gasteiger partial charge on any atom is 0.340 e. The minimum atomic E-state index is -0.585. The number of nitrogens with zero attached hydrogens (tertiary/aromatic N) is 3. The number of esters is 1. The number of carbonyl (C=O) groups is 1. The molecule has 7 nitrogen and oxygen atoms in total. The lowest BCUT2D eigenvalue weighted by Crippen LogP contribution is -2.59. The van der Waals surface area contributed by atoms with E-state index in [1.807, 2.05) is 17.0 Å². The van der Waals surface area contributed by atoms with Gasteiger partial charge in [-0.3, -0.25) is 4.90 Å². The normalized spacial score (nSPS) is 19.7. The van der Waals surface area contributed by atoms with Crippen LogP contribution in [-0.4, -0.2) is 30.7 Å². The van der Waals surface area contributed by atoms with Crippen LogP contribution in [0.25, 0.3) is 0 Å². The van der Waals surface area contributed by atoms with Crippen molar-refractivity contribution in [2.45, 2.75) is 37.8 Å². The Balaban J connectivity index is 2.20. The molecule has 1 aliphatic heterocycles. The van der Waals surface area contributed by atoms with E-state index in [1.54, 1.807) is 6.07 Å². The van der Waals surface area contributed by atoms with E-state index in [0.717, 1.165) is 35.7 Å². The SMILES string of the molecule is COC(=O)c1cccc(I)c1N1C(N)=NC(N)=NC12CCCCC2. The Morgan fingerprint density at radius 1 is 1.29 bits per heavy atom. The summed E-state index contributed by atoms with van der Waals surface area (Å²) in [5.41, 5.74) is 12.7. The van der Waals surface area contributed by atoms with Crippen molar-refractivity contribution in [3.8, 4) is 0 Å². The number of aliphatic imine (C=N–C) groups is 2. The molecule has 0 radical (unpaired) electrons. The fourth-order valence-electron chi connectivity index (χ4n) is 3.46. The van der Waals surface area contributed by atoms with E-state index in [-0.39, 0.29) is 11.9 Å². The number of anilines is 1. The van der Waals surface area contributed by atoms with Crippen molar-refractivity contribution in [1.29, 1.82) is 0 Å². The van der Waals surface area contributed by atoms with Gasteiger partial charge in [0.25, 0.3) is 0 Å². The molecule has 8 heteroatoms. The van der Waals surface area contributed by atoms with Crippen molar-refractivity contribution in [3.63, 3.8) is 0 Å². The average Bonchev–Trinajstić information content (AvgIpc) is 2.55. The van der Waals surface area contributed by atoms with Crippen LogP contribution in [0.3, 0.4) is 0 Å². The Labute approximate surface area is 154 Å². The van der Waals surface area contributed by atoms with Gasteiger partial charge in [-0.1, -0.05) is 12.5 Å². The first kappa shape index (κ1) is 17.0. The molecule has 128 valence electrons. The molecule has 0 aromatic heterocycles. The van der Waals surface area contributed by atoms with Gasteiger partial charge in [0.15, 0.2) is 0 Å². The third-order valence-corrected chi connectivity index (χ3v) is 5.34. The van der Waals surface area contributed by atoms with Gasteiger partial charge in [-0.25, -0.2) is 9.79 Å². The molecular formula is C16H20IN5O2. The zero-order valence-corrected chi connectivity index (χ0v) is 15.6. The first-order valence-corrected chi connectivity index (χ1v) is 8.93. The molecule has 1 heterocycles. The topological polar surface area (TPSA) is 106 Å². The molecule has 24 heavy (non-hydrogen) atoms. The maximum absolute atomic E-state index is 12.3. The first-order chi connectivity index (χ1) is 11.5. The summed E-state index contributed by atoms with van der Waals surface area (Å²) >= 11 is 2.19. The van der Waals surface area contributed by atoms with Gasteiger partial charge in [0.1, 0.15) is 5.66 Å². The number of rotatable bonds is 2. The average molecular weight is 441 g/mol. The van der Waals surface area contributed by atoms with Gasteiger partial charge in [-0.05, 0) is 60.4 Å². The molecular weight excluding hydrogens is 421 g/mol. The summed E-state index contributed by atoms with van der Waals surface area (Å²) in [6, 6.07) is 5.47. The largest absolute Gasteiger partial charge is 0.465 e. The third-order valence-electron chi connectivity index (χ3n) is 4.47. The van der Waals surface area contributed by atoms with Crippen LogP contribution in [0.4, 0.5) is 5.69 Å². The van der Waals surface area contributed by atoms with Gasteiger partial charge in [0.05, 0.1) is 18.4 Å². The molecule has 0 saturated heterocycles. The zero-order chi connectivity index (χ0) is 17.3.